The molecule has 1 aliphatic rings. The normalized spacial score (nSPS) is 17.2. The van der Waals surface area contributed by atoms with Gasteiger partial charge in [-0.1, -0.05) is 29.3 Å². The van der Waals surface area contributed by atoms with Gasteiger partial charge in [0.15, 0.2) is 0 Å². The maximum Gasteiger partial charge on any atom is 0.149 e. The molecule has 19 heavy (non-hydrogen) atoms. The van der Waals surface area contributed by atoms with Gasteiger partial charge >= 0.3 is 0 Å². The van der Waals surface area contributed by atoms with E-state index in [4.69, 9.17) is 23.2 Å². The Bertz CT molecular complexity index is 658. The summed E-state index contributed by atoms with van der Waals surface area (Å²) in [5.74, 6) is -1.13. The SMILES string of the molecule is Fc1cc(F)c2c(c1)CC(c1ccc(Cl)c(Cl)c1)N2. The second-order valence-electron chi connectivity index (χ2n) is 4.50. The maximum atomic E-state index is 13.6. The molecule has 98 valence electrons. The van der Waals surface area contributed by atoms with E-state index >= 15 is 0 Å². The molecule has 0 bridgehead atoms. The van der Waals surface area contributed by atoms with E-state index in [-0.39, 0.29) is 6.04 Å². The van der Waals surface area contributed by atoms with Gasteiger partial charge in [-0.05, 0) is 35.7 Å². The summed E-state index contributed by atoms with van der Waals surface area (Å²) in [4.78, 5) is 0. The van der Waals surface area contributed by atoms with Crippen LogP contribution in [0.5, 0.6) is 0 Å². The van der Waals surface area contributed by atoms with E-state index in [1.165, 1.54) is 6.07 Å². The fraction of sp³-hybridized carbons (Fsp3) is 0.143. The van der Waals surface area contributed by atoms with E-state index in [1.54, 1.807) is 12.1 Å². The standard InChI is InChI=1S/C14H9Cl2F2N/c15-10-2-1-7(4-11(10)16)13-5-8-3-9(17)6-12(18)14(8)19-13/h1-4,6,13,19H,5H2. The number of hydrogen-bond acceptors (Lipinski definition) is 1. The van der Waals surface area contributed by atoms with Crippen molar-refractivity contribution >= 4 is 28.9 Å². The van der Waals surface area contributed by atoms with Gasteiger partial charge in [-0.2, -0.15) is 0 Å². The van der Waals surface area contributed by atoms with E-state index in [9.17, 15) is 8.78 Å². The molecule has 3 rings (SSSR count). The lowest BCUT2D eigenvalue weighted by Crippen LogP contribution is -2.06. The third-order valence-corrected chi connectivity index (χ3v) is 3.96. The van der Waals surface area contributed by atoms with Crippen LogP contribution in [-0.4, -0.2) is 0 Å². The molecule has 0 aromatic heterocycles. The van der Waals surface area contributed by atoms with Gasteiger partial charge < -0.3 is 5.32 Å². The smallest absolute Gasteiger partial charge is 0.149 e. The van der Waals surface area contributed by atoms with Crippen LogP contribution in [0.3, 0.4) is 0 Å². The van der Waals surface area contributed by atoms with Crippen molar-refractivity contribution in [2.75, 3.05) is 5.32 Å². The van der Waals surface area contributed by atoms with Gasteiger partial charge in [0.1, 0.15) is 11.6 Å². The van der Waals surface area contributed by atoms with Gasteiger partial charge in [0.2, 0.25) is 0 Å². The Labute approximate surface area is 119 Å². The predicted octanol–water partition coefficient (Wildman–Crippen LogP) is 4.98. The number of anilines is 1. The Hall–Kier alpha value is -1.32. The van der Waals surface area contributed by atoms with Gasteiger partial charge in [0.25, 0.3) is 0 Å². The average molecular weight is 300 g/mol. The van der Waals surface area contributed by atoms with Crippen LogP contribution in [-0.2, 0) is 6.42 Å². The largest absolute Gasteiger partial charge is 0.375 e. The van der Waals surface area contributed by atoms with Gasteiger partial charge in [-0.3, -0.25) is 0 Å². The second-order valence-corrected chi connectivity index (χ2v) is 5.31. The molecule has 2 aromatic carbocycles. The molecule has 0 aliphatic carbocycles. The van der Waals surface area contributed by atoms with Crippen LogP contribution in [0.4, 0.5) is 14.5 Å². The predicted molar refractivity (Wildman–Crippen MR) is 72.9 cm³/mol. The summed E-state index contributed by atoms with van der Waals surface area (Å²) >= 11 is 11.8. The first-order valence-electron chi connectivity index (χ1n) is 5.74. The number of hydrogen-bond donors (Lipinski definition) is 1. The fourth-order valence-electron chi connectivity index (χ4n) is 2.33. The van der Waals surface area contributed by atoms with Crippen LogP contribution in [0.25, 0.3) is 0 Å². The summed E-state index contributed by atoms with van der Waals surface area (Å²) in [5.41, 5.74) is 1.89. The lowest BCUT2D eigenvalue weighted by atomic mass is 10.0. The van der Waals surface area contributed by atoms with Crippen LogP contribution in [0.2, 0.25) is 10.0 Å². The summed E-state index contributed by atoms with van der Waals surface area (Å²) in [7, 11) is 0. The highest BCUT2D eigenvalue weighted by Crippen LogP contribution is 2.37. The Morgan fingerprint density at radius 2 is 1.84 bits per heavy atom. The molecule has 1 aliphatic heterocycles. The number of nitrogens with one attached hydrogen (secondary N) is 1. The van der Waals surface area contributed by atoms with Crippen molar-refractivity contribution in [2.45, 2.75) is 12.5 Å². The van der Waals surface area contributed by atoms with Crippen molar-refractivity contribution < 1.29 is 8.78 Å². The van der Waals surface area contributed by atoms with Gasteiger partial charge in [0, 0.05) is 6.07 Å². The zero-order valence-corrected chi connectivity index (χ0v) is 11.2. The third kappa shape index (κ3) is 2.28. The summed E-state index contributed by atoms with van der Waals surface area (Å²) in [6.45, 7) is 0. The summed E-state index contributed by atoms with van der Waals surface area (Å²) in [6, 6.07) is 7.36. The molecule has 1 nitrogen and oxygen atoms in total. The Morgan fingerprint density at radius 1 is 1.05 bits per heavy atom. The number of halogens is 4. The van der Waals surface area contributed by atoms with Crippen molar-refractivity contribution in [3.05, 3.63) is 63.1 Å². The zero-order valence-electron chi connectivity index (χ0n) is 9.68. The molecule has 0 radical (unpaired) electrons. The number of fused-ring (bicyclic) bond motifs is 1. The van der Waals surface area contributed by atoms with Gasteiger partial charge in [-0.15, -0.1) is 0 Å². The van der Waals surface area contributed by atoms with Gasteiger partial charge in [0.05, 0.1) is 21.8 Å². The molecule has 0 saturated heterocycles. The molecule has 2 aromatic rings. The zero-order chi connectivity index (χ0) is 13.6. The molecule has 0 fully saturated rings. The molecule has 1 atom stereocenters. The molecular weight excluding hydrogens is 291 g/mol. The molecule has 1 heterocycles. The van der Waals surface area contributed by atoms with Crippen molar-refractivity contribution in [2.24, 2.45) is 0 Å². The summed E-state index contributed by atoms with van der Waals surface area (Å²) in [6.07, 6.45) is 0.516. The minimum absolute atomic E-state index is 0.124. The topological polar surface area (TPSA) is 12.0 Å². The monoisotopic (exact) mass is 299 g/mol. The van der Waals surface area contributed by atoms with E-state index in [2.05, 4.69) is 5.32 Å². The van der Waals surface area contributed by atoms with Crippen LogP contribution in [0.1, 0.15) is 17.2 Å². The lowest BCUT2D eigenvalue weighted by molar-refractivity contribution is 0.585. The quantitative estimate of drug-likeness (QED) is 0.783. The van der Waals surface area contributed by atoms with Gasteiger partial charge in [-0.25, -0.2) is 8.78 Å². The van der Waals surface area contributed by atoms with E-state index in [0.29, 0.717) is 27.7 Å². The minimum atomic E-state index is -0.572. The molecular formula is C14H9Cl2F2N. The van der Waals surface area contributed by atoms with Crippen molar-refractivity contribution in [3.8, 4) is 0 Å². The molecule has 1 N–H and O–H groups in total. The molecule has 0 saturated carbocycles. The third-order valence-electron chi connectivity index (χ3n) is 3.23. The van der Waals surface area contributed by atoms with Crippen molar-refractivity contribution in [3.63, 3.8) is 0 Å². The first-order chi connectivity index (χ1) is 9.04. The first kappa shape index (κ1) is 12.7. The molecule has 0 spiro atoms. The van der Waals surface area contributed by atoms with Crippen molar-refractivity contribution in [1.29, 1.82) is 0 Å². The Morgan fingerprint density at radius 3 is 2.58 bits per heavy atom. The number of rotatable bonds is 1. The molecule has 0 amide bonds. The number of benzene rings is 2. The van der Waals surface area contributed by atoms with E-state index in [0.717, 1.165) is 11.6 Å². The minimum Gasteiger partial charge on any atom is -0.375 e. The van der Waals surface area contributed by atoms with E-state index < -0.39 is 11.6 Å². The second kappa shape index (κ2) is 4.66. The van der Waals surface area contributed by atoms with Crippen LogP contribution >= 0.6 is 23.2 Å². The van der Waals surface area contributed by atoms with Crippen LogP contribution in [0.15, 0.2) is 30.3 Å². The fourth-order valence-corrected chi connectivity index (χ4v) is 2.63. The highest BCUT2D eigenvalue weighted by atomic mass is 35.5. The van der Waals surface area contributed by atoms with Crippen molar-refractivity contribution in [1.82, 2.24) is 0 Å². The Balaban J connectivity index is 1.95. The maximum absolute atomic E-state index is 13.6. The van der Waals surface area contributed by atoms with Crippen LogP contribution < -0.4 is 5.32 Å². The molecule has 5 heteroatoms. The first-order valence-corrected chi connectivity index (χ1v) is 6.49. The average Bonchev–Trinajstić information content (AvgIpc) is 2.76. The Kier molecular flexibility index (Phi) is 3.11. The van der Waals surface area contributed by atoms with E-state index in [1.807, 2.05) is 6.07 Å². The molecule has 1 unspecified atom stereocenters. The summed E-state index contributed by atoms with van der Waals surface area (Å²) in [5, 5.41) is 3.97. The van der Waals surface area contributed by atoms with Crippen LogP contribution in [0, 0.1) is 11.6 Å². The summed E-state index contributed by atoms with van der Waals surface area (Å²) < 4.78 is 26.8. The highest BCUT2D eigenvalue weighted by molar-refractivity contribution is 6.42. The lowest BCUT2D eigenvalue weighted by Gasteiger charge is -2.12. The highest BCUT2D eigenvalue weighted by Gasteiger charge is 2.25.